The molecule has 0 unspecified atom stereocenters. The number of nitrogens with zero attached hydrogens (tertiary/aromatic N) is 2. The van der Waals surface area contributed by atoms with Crippen molar-refractivity contribution >= 4 is 34.8 Å². The lowest BCUT2D eigenvalue weighted by molar-refractivity contribution is 0.101. The van der Waals surface area contributed by atoms with E-state index in [4.69, 9.17) is 16.3 Å². The summed E-state index contributed by atoms with van der Waals surface area (Å²) >= 11 is 5.99. The number of methoxy groups -OCH3 is 1. The summed E-state index contributed by atoms with van der Waals surface area (Å²) < 4.78 is 6.60. The number of ether oxygens (including phenoxy) is 1. The van der Waals surface area contributed by atoms with Gasteiger partial charge < -0.3 is 15.4 Å². The van der Waals surface area contributed by atoms with Crippen molar-refractivity contribution < 1.29 is 14.3 Å². The highest BCUT2D eigenvalue weighted by atomic mass is 35.5. The van der Waals surface area contributed by atoms with Crippen molar-refractivity contribution in [2.75, 3.05) is 17.7 Å². The molecule has 0 radical (unpaired) electrons. The van der Waals surface area contributed by atoms with E-state index < -0.39 is 5.91 Å². The minimum absolute atomic E-state index is 0.250. The summed E-state index contributed by atoms with van der Waals surface area (Å²) in [5.74, 6) is -0.232. The van der Waals surface area contributed by atoms with Crippen molar-refractivity contribution in [1.82, 2.24) is 9.78 Å². The van der Waals surface area contributed by atoms with E-state index in [9.17, 15) is 9.59 Å². The number of hydrogen-bond acceptors (Lipinski definition) is 4. The maximum absolute atomic E-state index is 12.5. The van der Waals surface area contributed by atoms with Gasteiger partial charge in [0, 0.05) is 18.4 Å². The highest BCUT2D eigenvalue weighted by Crippen LogP contribution is 2.22. The van der Waals surface area contributed by atoms with Crippen LogP contribution in [-0.4, -0.2) is 28.7 Å². The van der Waals surface area contributed by atoms with Crippen LogP contribution >= 0.6 is 11.6 Å². The molecule has 2 aromatic carbocycles. The zero-order valence-corrected chi connectivity index (χ0v) is 15.4. The van der Waals surface area contributed by atoms with Gasteiger partial charge in [0.1, 0.15) is 11.4 Å². The Hall–Kier alpha value is -3.32. The number of carbonyl (C=O) groups is 2. The van der Waals surface area contributed by atoms with E-state index >= 15 is 0 Å². The Kier molecular flexibility index (Phi) is 5.42. The maximum atomic E-state index is 12.5. The Bertz CT molecular complexity index is 981. The van der Waals surface area contributed by atoms with Crippen molar-refractivity contribution in [3.63, 3.8) is 0 Å². The standard InChI is InChI=1S/C19H17ClN4O3/c1-24-17(15(20)11-21-24)19(26)23-13-7-5-6-12(10-13)22-18(25)14-8-3-4-9-16(14)27-2/h3-11H,1-2H3,(H,22,25)(H,23,26). The second-order valence-corrected chi connectivity index (χ2v) is 6.06. The average molecular weight is 385 g/mol. The van der Waals surface area contributed by atoms with E-state index in [1.807, 2.05) is 0 Å². The van der Waals surface area contributed by atoms with Crippen LogP contribution in [0.25, 0.3) is 0 Å². The second-order valence-electron chi connectivity index (χ2n) is 5.65. The number of anilines is 2. The number of nitrogens with one attached hydrogen (secondary N) is 2. The Morgan fingerprint density at radius 1 is 1.04 bits per heavy atom. The summed E-state index contributed by atoms with van der Waals surface area (Å²) in [5, 5.41) is 9.73. The Balaban J connectivity index is 1.76. The number of amides is 2. The van der Waals surface area contributed by atoms with Gasteiger partial charge in [-0.1, -0.05) is 29.8 Å². The summed E-state index contributed by atoms with van der Waals surface area (Å²) in [6.07, 6.45) is 1.40. The fraction of sp³-hybridized carbons (Fsp3) is 0.105. The first-order chi connectivity index (χ1) is 13.0. The van der Waals surface area contributed by atoms with Gasteiger partial charge in [-0.05, 0) is 30.3 Å². The van der Waals surface area contributed by atoms with Crippen LogP contribution in [0.3, 0.4) is 0 Å². The predicted octanol–water partition coefficient (Wildman–Crippen LogP) is 3.59. The quantitative estimate of drug-likeness (QED) is 0.704. The van der Waals surface area contributed by atoms with E-state index in [2.05, 4.69) is 15.7 Å². The average Bonchev–Trinajstić information content (AvgIpc) is 3.00. The van der Waals surface area contributed by atoms with Gasteiger partial charge in [-0.15, -0.1) is 0 Å². The zero-order chi connectivity index (χ0) is 19.4. The van der Waals surface area contributed by atoms with E-state index in [-0.39, 0.29) is 16.6 Å². The lowest BCUT2D eigenvalue weighted by atomic mass is 10.2. The molecule has 1 aromatic heterocycles. The molecule has 0 aliphatic carbocycles. The molecule has 2 N–H and O–H groups in total. The summed E-state index contributed by atoms with van der Waals surface area (Å²) in [6.45, 7) is 0. The number of carbonyl (C=O) groups excluding carboxylic acids is 2. The number of rotatable bonds is 5. The van der Waals surface area contributed by atoms with Crippen LogP contribution in [0.5, 0.6) is 5.75 Å². The summed E-state index contributed by atoms with van der Waals surface area (Å²) in [5.41, 5.74) is 1.70. The molecule has 1 heterocycles. The monoisotopic (exact) mass is 384 g/mol. The fourth-order valence-corrected chi connectivity index (χ4v) is 2.81. The predicted molar refractivity (Wildman–Crippen MR) is 104 cm³/mol. The van der Waals surface area contributed by atoms with E-state index in [1.165, 1.54) is 18.0 Å². The molecule has 0 aliphatic heterocycles. The fourth-order valence-electron chi connectivity index (χ4n) is 2.56. The van der Waals surface area contributed by atoms with E-state index in [0.29, 0.717) is 22.7 Å². The van der Waals surface area contributed by atoms with Crippen LogP contribution in [-0.2, 0) is 7.05 Å². The molecule has 0 aliphatic rings. The van der Waals surface area contributed by atoms with Gasteiger partial charge in [-0.2, -0.15) is 5.10 Å². The van der Waals surface area contributed by atoms with Crippen LogP contribution in [0.2, 0.25) is 5.02 Å². The lowest BCUT2D eigenvalue weighted by Gasteiger charge is -2.11. The number of para-hydroxylation sites is 1. The van der Waals surface area contributed by atoms with Gasteiger partial charge in [0.25, 0.3) is 11.8 Å². The molecular formula is C19H17ClN4O3. The first-order valence-electron chi connectivity index (χ1n) is 8.03. The first kappa shape index (κ1) is 18.5. The third-order valence-electron chi connectivity index (χ3n) is 3.84. The zero-order valence-electron chi connectivity index (χ0n) is 14.7. The van der Waals surface area contributed by atoms with E-state index in [0.717, 1.165) is 0 Å². The van der Waals surface area contributed by atoms with Gasteiger partial charge in [0.2, 0.25) is 0 Å². The molecule has 0 saturated carbocycles. The van der Waals surface area contributed by atoms with Crippen LogP contribution < -0.4 is 15.4 Å². The molecule has 2 amide bonds. The Morgan fingerprint density at radius 2 is 1.70 bits per heavy atom. The first-order valence-corrected chi connectivity index (χ1v) is 8.40. The van der Waals surface area contributed by atoms with Gasteiger partial charge in [-0.3, -0.25) is 14.3 Å². The highest BCUT2D eigenvalue weighted by molar-refractivity contribution is 6.34. The van der Waals surface area contributed by atoms with Gasteiger partial charge in [0.15, 0.2) is 0 Å². The summed E-state index contributed by atoms with van der Waals surface area (Å²) in [7, 11) is 3.14. The van der Waals surface area contributed by atoms with Crippen molar-refractivity contribution in [2.24, 2.45) is 7.05 Å². The minimum Gasteiger partial charge on any atom is -0.496 e. The van der Waals surface area contributed by atoms with Crippen LogP contribution in [0.15, 0.2) is 54.7 Å². The molecule has 3 rings (SSSR count). The number of halogens is 1. The smallest absolute Gasteiger partial charge is 0.275 e. The number of aromatic nitrogens is 2. The number of benzene rings is 2. The largest absolute Gasteiger partial charge is 0.496 e. The van der Waals surface area contributed by atoms with Crippen LogP contribution in [0, 0.1) is 0 Å². The molecule has 138 valence electrons. The third kappa shape index (κ3) is 4.09. The molecular weight excluding hydrogens is 368 g/mol. The molecule has 0 saturated heterocycles. The normalized spacial score (nSPS) is 10.3. The van der Waals surface area contributed by atoms with Gasteiger partial charge in [0.05, 0.1) is 23.9 Å². The van der Waals surface area contributed by atoms with E-state index in [1.54, 1.807) is 55.6 Å². The third-order valence-corrected chi connectivity index (χ3v) is 4.12. The SMILES string of the molecule is COc1ccccc1C(=O)Nc1cccc(NC(=O)c2c(Cl)cnn2C)c1. The molecule has 3 aromatic rings. The van der Waals surface area contributed by atoms with Gasteiger partial charge in [-0.25, -0.2) is 0 Å². The van der Waals surface area contributed by atoms with Crippen LogP contribution in [0.4, 0.5) is 11.4 Å². The molecule has 0 bridgehead atoms. The molecule has 0 spiro atoms. The maximum Gasteiger partial charge on any atom is 0.275 e. The Labute approximate surface area is 160 Å². The number of aryl methyl sites for hydroxylation is 1. The number of hydrogen-bond donors (Lipinski definition) is 2. The Morgan fingerprint density at radius 3 is 2.33 bits per heavy atom. The minimum atomic E-state index is -0.395. The highest BCUT2D eigenvalue weighted by Gasteiger charge is 2.16. The lowest BCUT2D eigenvalue weighted by Crippen LogP contribution is -2.17. The summed E-state index contributed by atoms with van der Waals surface area (Å²) in [6, 6.07) is 13.7. The van der Waals surface area contributed by atoms with Crippen molar-refractivity contribution in [3.05, 3.63) is 71.0 Å². The van der Waals surface area contributed by atoms with Crippen molar-refractivity contribution in [1.29, 1.82) is 0 Å². The van der Waals surface area contributed by atoms with Crippen LogP contribution in [0.1, 0.15) is 20.8 Å². The van der Waals surface area contributed by atoms with Crippen molar-refractivity contribution in [3.8, 4) is 5.75 Å². The molecule has 7 nitrogen and oxygen atoms in total. The molecule has 27 heavy (non-hydrogen) atoms. The molecule has 8 heteroatoms. The van der Waals surface area contributed by atoms with Crippen molar-refractivity contribution in [2.45, 2.75) is 0 Å². The van der Waals surface area contributed by atoms with Gasteiger partial charge >= 0.3 is 0 Å². The topological polar surface area (TPSA) is 85.2 Å². The summed E-state index contributed by atoms with van der Waals surface area (Å²) in [4.78, 5) is 24.9. The molecule has 0 fully saturated rings. The second kappa shape index (κ2) is 7.92. The molecule has 0 atom stereocenters.